The number of aliphatic hydroxyl groups is 1. The lowest BCUT2D eigenvalue weighted by atomic mass is 9.65. The minimum Gasteiger partial charge on any atom is -0.391 e. The van der Waals surface area contributed by atoms with Crippen molar-refractivity contribution in [3.8, 4) is 0 Å². The highest BCUT2D eigenvalue weighted by Crippen LogP contribution is 2.43. The lowest BCUT2D eigenvalue weighted by Gasteiger charge is -2.51. The summed E-state index contributed by atoms with van der Waals surface area (Å²) < 4.78 is 32.9. The van der Waals surface area contributed by atoms with Crippen LogP contribution in [0.4, 0.5) is 0 Å². The summed E-state index contributed by atoms with van der Waals surface area (Å²) in [5.74, 6) is 0. The molecule has 0 saturated heterocycles. The quantitative estimate of drug-likeness (QED) is 0.837. The lowest BCUT2D eigenvalue weighted by Crippen LogP contribution is -2.61. The molecular weight excluding hydrogens is 298 g/mol. The van der Waals surface area contributed by atoms with Gasteiger partial charge in [-0.25, -0.2) is 13.1 Å². The average Bonchev–Trinajstić information content (AvgIpc) is 2.87. The monoisotopic (exact) mass is 319 g/mol. The van der Waals surface area contributed by atoms with Gasteiger partial charge in [-0.05, 0) is 19.4 Å². The molecule has 2 rings (SSSR count). The van der Waals surface area contributed by atoms with Crippen LogP contribution in [0.5, 0.6) is 0 Å². The third-order valence-corrected chi connectivity index (χ3v) is 6.46. The van der Waals surface area contributed by atoms with Crippen LogP contribution >= 0.6 is 11.3 Å². The molecule has 1 aliphatic rings. The van der Waals surface area contributed by atoms with E-state index in [-0.39, 0.29) is 29.1 Å². The summed E-state index contributed by atoms with van der Waals surface area (Å²) in [7, 11) is -3.53. The second kappa shape index (κ2) is 5.73. The first-order valence-corrected chi connectivity index (χ1v) is 8.99. The Balaban J connectivity index is 2.07. The fraction of sp³-hybridized carbons (Fsp3) is 0.692. The molecule has 1 saturated carbocycles. The van der Waals surface area contributed by atoms with E-state index in [0.29, 0.717) is 17.9 Å². The van der Waals surface area contributed by atoms with Gasteiger partial charge in [0.05, 0.1) is 17.6 Å². The van der Waals surface area contributed by atoms with Crippen molar-refractivity contribution >= 4 is 21.4 Å². The Morgan fingerprint density at radius 3 is 2.75 bits per heavy atom. The molecule has 5 nitrogen and oxygen atoms in total. The van der Waals surface area contributed by atoms with Gasteiger partial charge < -0.3 is 9.84 Å². The maximum atomic E-state index is 12.3. The van der Waals surface area contributed by atoms with Crippen molar-refractivity contribution in [3.05, 3.63) is 16.3 Å². The molecule has 1 fully saturated rings. The molecule has 0 bridgehead atoms. The smallest absolute Gasteiger partial charge is 0.241 e. The van der Waals surface area contributed by atoms with Crippen LogP contribution in [-0.2, 0) is 21.4 Å². The topological polar surface area (TPSA) is 75.6 Å². The van der Waals surface area contributed by atoms with Crippen LogP contribution in [0.15, 0.2) is 16.3 Å². The number of aliphatic hydroxyl groups excluding tert-OH is 1. The Morgan fingerprint density at radius 1 is 1.55 bits per heavy atom. The van der Waals surface area contributed by atoms with Crippen molar-refractivity contribution in [2.45, 2.75) is 50.8 Å². The molecule has 1 aliphatic carbocycles. The molecule has 0 amide bonds. The van der Waals surface area contributed by atoms with E-state index in [9.17, 15) is 8.42 Å². The molecule has 1 aromatic rings. The maximum absolute atomic E-state index is 12.3. The Bertz CT molecular complexity index is 565. The number of hydrogen-bond acceptors (Lipinski definition) is 5. The van der Waals surface area contributed by atoms with Gasteiger partial charge in [0.2, 0.25) is 10.0 Å². The van der Waals surface area contributed by atoms with Crippen LogP contribution in [0.1, 0.15) is 32.1 Å². The Hall–Kier alpha value is -0.470. The van der Waals surface area contributed by atoms with Gasteiger partial charge in [-0.1, -0.05) is 13.8 Å². The SMILES string of the molecule is CCOC1CC(NS(=O)(=O)c2csc(CO)c2)C1(C)C. The fourth-order valence-corrected chi connectivity index (χ4v) is 4.95. The van der Waals surface area contributed by atoms with Crippen LogP contribution in [0.2, 0.25) is 0 Å². The molecule has 1 heterocycles. The van der Waals surface area contributed by atoms with Crippen LogP contribution in [0.25, 0.3) is 0 Å². The van der Waals surface area contributed by atoms with E-state index in [1.165, 1.54) is 17.4 Å². The molecule has 2 atom stereocenters. The molecular formula is C13H21NO4S2. The first kappa shape index (κ1) is 15.9. The van der Waals surface area contributed by atoms with Gasteiger partial charge in [-0.15, -0.1) is 11.3 Å². The third-order valence-electron chi connectivity index (χ3n) is 3.94. The predicted molar refractivity (Wildman–Crippen MR) is 78.2 cm³/mol. The van der Waals surface area contributed by atoms with Gasteiger partial charge in [0, 0.05) is 28.3 Å². The largest absolute Gasteiger partial charge is 0.391 e. The van der Waals surface area contributed by atoms with Crippen LogP contribution in [0.3, 0.4) is 0 Å². The number of ether oxygens (including phenoxy) is 1. The number of sulfonamides is 1. The molecule has 20 heavy (non-hydrogen) atoms. The van der Waals surface area contributed by atoms with E-state index in [0.717, 1.165) is 0 Å². The third kappa shape index (κ3) is 2.92. The van der Waals surface area contributed by atoms with Crippen molar-refractivity contribution in [3.63, 3.8) is 0 Å². The molecule has 114 valence electrons. The minimum absolute atomic E-state index is 0.0932. The number of thiophene rings is 1. The van der Waals surface area contributed by atoms with Gasteiger partial charge in [0.15, 0.2) is 0 Å². The first-order chi connectivity index (χ1) is 9.31. The normalized spacial score (nSPS) is 25.4. The summed E-state index contributed by atoms with van der Waals surface area (Å²) in [4.78, 5) is 0.868. The minimum atomic E-state index is -3.53. The number of hydrogen-bond donors (Lipinski definition) is 2. The standard InChI is InChI=1S/C13H21NO4S2/c1-4-18-12-6-11(13(12,2)3)14-20(16,17)10-5-9(7-15)19-8-10/h5,8,11-12,14-15H,4,6-7H2,1-3H3. The van der Waals surface area contributed by atoms with Crippen LogP contribution in [-0.4, -0.2) is 32.3 Å². The van der Waals surface area contributed by atoms with Crippen molar-refractivity contribution in [1.82, 2.24) is 4.72 Å². The van der Waals surface area contributed by atoms with Crippen molar-refractivity contribution in [1.29, 1.82) is 0 Å². The van der Waals surface area contributed by atoms with Crippen molar-refractivity contribution in [2.24, 2.45) is 5.41 Å². The van der Waals surface area contributed by atoms with Crippen LogP contribution in [0, 0.1) is 5.41 Å². The zero-order valence-corrected chi connectivity index (χ0v) is 13.6. The van der Waals surface area contributed by atoms with Gasteiger partial charge in [-0.2, -0.15) is 0 Å². The highest BCUT2D eigenvalue weighted by Gasteiger charge is 2.50. The second-order valence-corrected chi connectivity index (χ2v) is 8.29. The Morgan fingerprint density at radius 2 is 2.25 bits per heavy atom. The fourth-order valence-electron chi connectivity index (χ4n) is 2.41. The van der Waals surface area contributed by atoms with Crippen molar-refractivity contribution < 1.29 is 18.3 Å². The summed E-state index contributed by atoms with van der Waals surface area (Å²) in [5, 5.41) is 10.6. The van der Waals surface area contributed by atoms with Crippen LogP contribution < -0.4 is 4.72 Å². The Kier molecular flexibility index (Phi) is 4.56. The molecule has 0 radical (unpaired) electrons. The van der Waals surface area contributed by atoms with Gasteiger partial charge >= 0.3 is 0 Å². The average molecular weight is 319 g/mol. The highest BCUT2D eigenvalue weighted by atomic mass is 32.2. The zero-order chi connectivity index (χ0) is 15.0. The van der Waals surface area contributed by atoms with E-state index in [4.69, 9.17) is 9.84 Å². The highest BCUT2D eigenvalue weighted by molar-refractivity contribution is 7.89. The number of rotatable bonds is 6. The molecule has 7 heteroatoms. The van der Waals surface area contributed by atoms with E-state index >= 15 is 0 Å². The molecule has 2 N–H and O–H groups in total. The summed E-state index contributed by atoms with van der Waals surface area (Å²) >= 11 is 1.24. The number of nitrogens with one attached hydrogen (secondary N) is 1. The molecule has 0 spiro atoms. The van der Waals surface area contributed by atoms with Gasteiger partial charge in [-0.3, -0.25) is 0 Å². The maximum Gasteiger partial charge on any atom is 0.241 e. The molecule has 1 aromatic heterocycles. The molecule has 2 unspecified atom stereocenters. The van der Waals surface area contributed by atoms with Gasteiger partial charge in [0.25, 0.3) is 0 Å². The summed E-state index contributed by atoms with van der Waals surface area (Å²) in [6.07, 6.45) is 0.785. The van der Waals surface area contributed by atoms with E-state index in [1.807, 2.05) is 20.8 Å². The molecule has 0 aliphatic heterocycles. The van der Waals surface area contributed by atoms with Gasteiger partial charge in [0.1, 0.15) is 0 Å². The summed E-state index contributed by atoms with van der Waals surface area (Å²) in [6.45, 7) is 6.46. The first-order valence-electron chi connectivity index (χ1n) is 6.63. The second-order valence-electron chi connectivity index (χ2n) is 5.58. The molecule has 0 aromatic carbocycles. The van der Waals surface area contributed by atoms with E-state index in [2.05, 4.69) is 4.72 Å². The summed E-state index contributed by atoms with van der Waals surface area (Å²) in [5.41, 5.74) is -0.209. The lowest BCUT2D eigenvalue weighted by molar-refractivity contribution is -0.108. The Labute approximate surface area is 124 Å². The zero-order valence-electron chi connectivity index (χ0n) is 11.9. The summed E-state index contributed by atoms with van der Waals surface area (Å²) in [6, 6.07) is 1.39. The van der Waals surface area contributed by atoms with E-state index in [1.54, 1.807) is 5.38 Å². The van der Waals surface area contributed by atoms with Crippen molar-refractivity contribution in [2.75, 3.05) is 6.61 Å². The predicted octanol–water partition coefficient (Wildman–Crippen LogP) is 1.72. The van der Waals surface area contributed by atoms with E-state index < -0.39 is 10.0 Å².